The van der Waals surface area contributed by atoms with E-state index in [0.29, 0.717) is 11.6 Å². The van der Waals surface area contributed by atoms with Crippen molar-refractivity contribution < 1.29 is 0 Å². The van der Waals surface area contributed by atoms with E-state index in [1.165, 1.54) is 0 Å². The highest BCUT2D eigenvalue weighted by Gasteiger charge is 2.23. The van der Waals surface area contributed by atoms with Crippen molar-refractivity contribution in [2.24, 2.45) is 0 Å². The van der Waals surface area contributed by atoms with E-state index in [4.69, 9.17) is 5.73 Å². The average molecular weight is 272 g/mol. The molecule has 0 amide bonds. The summed E-state index contributed by atoms with van der Waals surface area (Å²) in [4.78, 5) is 2.42. The van der Waals surface area contributed by atoms with Gasteiger partial charge in [-0.25, -0.2) is 0 Å². The number of aryl methyl sites for hydroxylation is 1. The number of aromatic nitrogens is 4. The Morgan fingerprint density at radius 3 is 2.85 bits per heavy atom. The molecule has 2 aromatic rings. The maximum atomic E-state index is 6.26. The molecule has 0 aromatic carbocycles. The average Bonchev–Trinajstić information content (AvgIpc) is 2.78. The van der Waals surface area contributed by atoms with Crippen LogP contribution < -0.4 is 5.73 Å². The van der Waals surface area contributed by atoms with Gasteiger partial charge < -0.3 is 5.73 Å². The van der Waals surface area contributed by atoms with Crippen molar-refractivity contribution in [2.45, 2.75) is 33.2 Å². The maximum Gasteiger partial charge on any atom is 0.178 e. The maximum absolute atomic E-state index is 6.26. The number of rotatable bonds is 3. The Hall–Kier alpha value is -1.95. The normalized spacial score (nSPS) is 15.3. The Bertz CT molecular complexity index is 601. The summed E-state index contributed by atoms with van der Waals surface area (Å²) in [7, 11) is 0. The molecule has 6 nitrogen and oxygen atoms in total. The molecule has 0 spiro atoms. The summed E-state index contributed by atoms with van der Waals surface area (Å²) in [5, 5.41) is 12.8. The van der Waals surface area contributed by atoms with Crippen molar-refractivity contribution in [3.63, 3.8) is 0 Å². The molecule has 1 aliphatic heterocycles. The largest absolute Gasteiger partial charge is 0.383 e. The molecular formula is C14H20N6. The smallest absolute Gasteiger partial charge is 0.178 e. The highest BCUT2D eigenvalue weighted by atomic mass is 15.4. The van der Waals surface area contributed by atoms with E-state index in [0.717, 1.165) is 49.4 Å². The van der Waals surface area contributed by atoms with E-state index >= 15 is 0 Å². The predicted molar refractivity (Wildman–Crippen MR) is 77.6 cm³/mol. The first-order chi connectivity index (χ1) is 9.69. The molecule has 2 N–H and O–H groups in total. The first-order valence-electron chi connectivity index (χ1n) is 7.08. The topological polar surface area (TPSA) is 72.9 Å². The Morgan fingerprint density at radius 1 is 1.30 bits per heavy atom. The summed E-state index contributed by atoms with van der Waals surface area (Å²) in [5.74, 6) is 1.38. The summed E-state index contributed by atoms with van der Waals surface area (Å²) in [6.07, 6.45) is 2.11. The molecule has 3 rings (SSSR count). The summed E-state index contributed by atoms with van der Waals surface area (Å²) in [5.41, 5.74) is 9.39. The molecule has 0 saturated carbocycles. The van der Waals surface area contributed by atoms with Gasteiger partial charge in [0, 0.05) is 25.1 Å². The molecule has 20 heavy (non-hydrogen) atoms. The van der Waals surface area contributed by atoms with Crippen molar-refractivity contribution in [1.29, 1.82) is 0 Å². The highest BCUT2D eigenvalue weighted by molar-refractivity contribution is 5.49. The van der Waals surface area contributed by atoms with Crippen LogP contribution in [0.5, 0.6) is 0 Å². The SMILES string of the molecule is CCCN1CCc2nn(-c3ccc(C)nn3)c(N)c2C1. The van der Waals surface area contributed by atoms with Crippen LogP contribution in [0, 0.1) is 6.92 Å². The second-order valence-corrected chi connectivity index (χ2v) is 5.28. The summed E-state index contributed by atoms with van der Waals surface area (Å²) < 4.78 is 1.71. The summed E-state index contributed by atoms with van der Waals surface area (Å²) >= 11 is 0. The second kappa shape index (κ2) is 5.20. The van der Waals surface area contributed by atoms with Gasteiger partial charge in [0.25, 0.3) is 0 Å². The Kier molecular flexibility index (Phi) is 3.40. The minimum absolute atomic E-state index is 0.685. The van der Waals surface area contributed by atoms with E-state index in [2.05, 4.69) is 27.1 Å². The third-order valence-corrected chi connectivity index (χ3v) is 3.69. The van der Waals surface area contributed by atoms with Crippen molar-refractivity contribution >= 4 is 5.82 Å². The quantitative estimate of drug-likeness (QED) is 0.912. The number of hydrogen-bond donors (Lipinski definition) is 1. The third kappa shape index (κ3) is 2.27. The number of anilines is 1. The van der Waals surface area contributed by atoms with Crippen LogP contribution in [0.4, 0.5) is 5.82 Å². The van der Waals surface area contributed by atoms with Gasteiger partial charge >= 0.3 is 0 Å². The second-order valence-electron chi connectivity index (χ2n) is 5.28. The molecule has 0 radical (unpaired) electrons. The van der Waals surface area contributed by atoms with Crippen LogP contribution in [-0.4, -0.2) is 38.0 Å². The van der Waals surface area contributed by atoms with E-state index in [1.807, 2.05) is 19.1 Å². The molecule has 0 fully saturated rings. The first-order valence-corrected chi connectivity index (χ1v) is 7.08. The Labute approximate surface area is 118 Å². The molecule has 3 heterocycles. The molecule has 0 aliphatic carbocycles. The van der Waals surface area contributed by atoms with Crippen molar-refractivity contribution in [1.82, 2.24) is 24.9 Å². The molecule has 0 bridgehead atoms. The van der Waals surface area contributed by atoms with Crippen molar-refractivity contribution in [3.05, 3.63) is 29.1 Å². The minimum Gasteiger partial charge on any atom is -0.383 e. The van der Waals surface area contributed by atoms with Gasteiger partial charge in [-0.2, -0.15) is 14.9 Å². The van der Waals surface area contributed by atoms with Crippen molar-refractivity contribution in [3.8, 4) is 5.82 Å². The number of nitrogens with zero attached hydrogens (tertiary/aromatic N) is 5. The van der Waals surface area contributed by atoms with Crippen LogP contribution in [0.2, 0.25) is 0 Å². The Morgan fingerprint density at radius 2 is 2.15 bits per heavy atom. The third-order valence-electron chi connectivity index (χ3n) is 3.69. The van der Waals surface area contributed by atoms with Crippen LogP contribution in [-0.2, 0) is 13.0 Å². The summed E-state index contributed by atoms with van der Waals surface area (Å²) in [6, 6.07) is 3.83. The van der Waals surface area contributed by atoms with Crippen LogP contribution >= 0.6 is 0 Å². The molecule has 0 unspecified atom stereocenters. The van der Waals surface area contributed by atoms with E-state index in [-0.39, 0.29) is 0 Å². The van der Waals surface area contributed by atoms with Gasteiger partial charge in [0.05, 0.1) is 11.4 Å². The van der Waals surface area contributed by atoms with Crippen LogP contribution in [0.25, 0.3) is 5.82 Å². The highest BCUT2D eigenvalue weighted by Crippen LogP contribution is 2.25. The molecule has 6 heteroatoms. The zero-order chi connectivity index (χ0) is 14.1. The molecule has 0 atom stereocenters. The van der Waals surface area contributed by atoms with Gasteiger partial charge in [-0.3, -0.25) is 4.90 Å². The molecule has 0 saturated heterocycles. The molecule has 1 aliphatic rings. The van der Waals surface area contributed by atoms with Crippen LogP contribution in [0.3, 0.4) is 0 Å². The monoisotopic (exact) mass is 272 g/mol. The number of nitrogen functional groups attached to an aromatic ring is 1. The predicted octanol–water partition coefficient (Wildman–Crippen LogP) is 1.32. The lowest BCUT2D eigenvalue weighted by molar-refractivity contribution is 0.254. The Balaban J connectivity index is 1.94. The zero-order valence-corrected chi connectivity index (χ0v) is 12.0. The summed E-state index contributed by atoms with van der Waals surface area (Å²) in [6.45, 7) is 7.15. The van der Waals surface area contributed by atoms with Gasteiger partial charge in [0.1, 0.15) is 5.82 Å². The fraction of sp³-hybridized carbons (Fsp3) is 0.500. The fourth-order valence-electron chi connectivity index (χ4n) is 2.64. The standard InChI is InChI=1S/C14H20N6/c1-3-7-19-8-6-12-11(9-19)14(15)20(18-12)13-5-4-10(2)16-17-13/h4-5H,3,6-9,15H2,1-2H3. The molecular weight excluding hydrogens is 252 g/mol. The van der Waals surface area contributed by atoms with Gasteiger partial charge in [0.15, 0.2) is 5.82 Å². The van der Waals surface area contributed by atoms with Crippen LogP contribution in [0.15, 0.2) is 12.1 Å². The van der Waals surface area contributed by atoms with Crippen LogP contribution in [0.1, 0.15) is 30.3 Å². The number of fused-ring (bicyclic) bond motifs is 1. The fourth-order valence-corrected chi connectivity index (χ4v) is 2.64. The lowest BCUT2D eigenvalue weighted by Crippen LogP contribution is -2.31. The van der Waals surface area contributed by atoms with E-state index in [1.54, 1.807) is 4.68 Å². The van der Waals surface area contributed by atoms with Gasteiger partial charge in [-0.05, 0) is 32.0 Å². The van der Waals surface area contributed by atoms with Crippen molar-refractivity contribution in [2.75, 3.05) is 18.8 Å². The van der Waals surface area contributed by atoms with Gasteiger partial charge in [0.2, 0.25) is 0 Å². The van der Waals surface area contributed by atoms with Gasteiger partial charge in [-0.1, -0.05) is 6.92 Å². The first kappa shape index (κ1) is 13.1. The van der Waals surface area contributed by atoms with E-state index in [9.17, 15) is 0 Å². The molecule has 2 aromatic heterocycles. The molecule has 106 valence electrons. The number of nitrogens with two attached hydrogens (primary N) is 1. The van der Waals surface area contributed by atoms with Gasteiger partial charge in [-0.15, -0.1) is 5.10 Å². The zero-order valence-electron chi connectivity index (χ0n) is 12.0. The number of hydrogen-bond acceptors (Lipinski definition) is 5. The minimum atomic E-state index is 0.685. The van der Waals surface area contributed by atoms with E-state index < -0.39 is 0 Å². The lowest BCUT2D eigenvalue weighted by Gasteiger charge is -2.25. The lowest BCUT2D eigenvalue weighted by atomic mass is 10.1.